The molecular formula is C18H24N2S. The molecule has 0 spiro atoms. The lowest BCUT2D eigenvalue weighted by Gasteiger charge is -2.20. The summed E-state index contributed by atoms with van der Waals surface area (Å²) in [5.41, 5.74) is 3.07. The first-order valence-electron chi connectivity index (χ1n) is 7.94. The summed E-state index contributed by atoms with van der Waals surface area (Å²) in [6, 6.07) is 13.3. The first-order chi connectivity index (χ1) is 10.4. The normalized spacial score (nSPS) is 15.6. The first-order valence-corrected chi connectivity index (χ1v) is 8.82. The van der Waals surface area contributed by atoms with Gasteiger partial charge in [0.15, 0.2) is 0 Å². The number of hydrogen-bond donors (Lipinski definition) is 1. The largest absolute Gasteiger partial charge is 0.315 e. The van der Waals surface area contributed by atoms with Gasteiger partial charge in [-0.15, -0.1) is 11.3 Å². The van der Waals surface area contributed by atoms with Crippen LogP contribution in [0.3, 0.4) is 0 Å². The van der Waals surface area contributed by atoms with Gasteiger partial charge in [-0.25, -0.2) is 0 Å². The van der Waals surface area contributed by atoms with Gasteiger partial charge in [-0.3, -0.25) is 4.90 Å². The van der Waals surface area contributed by atoms with Crippen LogP contribution in [0.1, 0.15) is 22.4 Å². The summed E-state index contributed by atoms with van der Waals surface area (Å²) >= 11 is 1.85. The van der Waals surface area contributed by atoms with Crippen molar-refractivity contribution in [1.29, 1.82) is 0 Å². The summed E-state index contributed by atoms with van der Waals surface area (Å²) in [6.07, 6.45) is 3.67. The predicted molar refractivity (Wildman–Crippen MR) is 90.9 cm³/mol. The van der Waals surface area contributed by atoms with Crippen molar-refractivity contribution >= 4 is 11.3 Å². The van der Waals surface area contributed by atoms with Crippen LogP contribution in [0.4, 0.5) is 0 Å². The molecule has 0 aliphatic carbocycles. The third kappa shape index (κ3) is 4.40. The second kappa shape index (κ2) is 7.74. The van der Waals surface area contributed by atoms with Gasteiger partial charge < -0.3 is 5.32 Å². The molecule has 1 N–H and O–H groups in total. The van der Waals surface area contributed by atoms with Crippen molar-refractivity contribution in [3.05, 3.63) is 57.8 Å². The Morgan fingerprint density at radius 2 is 1.95 bits per heavy atom. The molecular weight excluding hydrogens is 276 g/mol. The molecule has 0 saturated carbocycles. The minimum Gasteiger partial charge on any atom is -0.315 e. The number of benzene rings is 1. The molecule has 0 amide bonds. The molecule has 1 aromatic heterocycles. The average molecular weight is 300 g/mol. The SMILES string of the molecule is c1csc(CCNCCN2CCCc3ccccc3C2)c1. The summed E-state index contributed by atoms with van der Waals surface area (Å²) in [4.78, 5) is 4.07. The van der Waals surface area contributed by atoms with Gasteiger partial charge in [-0.05, 0) is 48.4 Å². The van der Waals surface area contributed by atoms with Crippen molar-refractivity contribution < 1.29 is 0 Å². The van der Waals surface area contributed by atoms with E-state index in [0.29, 0.717) is 0 Å². The van der Waals surface area contributed by atoms with Gasteiger partial charge in [0.05, 0.1) is 0 Å². The second-order valence-corrected chi connectivity index (χ2v) is 6.76. The smallest absolute Gasteiger partial charge is 0.0237 e. The highest BCUT2D eigenvalue weighted by Gasteiger charge is 2.13. The fourth-order valence-electron chi connectivity index (χ4n) is 2.99. The van der Waals surface area contributed by atoms with E-state index in [2.05, 4.69) is 52.0 Å². The van der Waals surface area contributed by atoms with Gasteiger partial charge >= 0.3 is 0 Å². The molecule has 0 bridgehead atoms. The number of fused-ring (bicyclic) bond motifs is 1. The molecule has 1 aliphatic rings. The number of thiophene rings is 1. The zero-order valence-electron chi connectivity index (χ0n) is 12.6. The van der Waals surface area contributed by atoms with Gasteiger partial charge in [0, 0.05) is 31.1 Å². The fourth-order valence-corrected chi connectivity index (χ4v) is 3.70. The maximum atomic E-state index is 3.58. The van der Waals surface area contributed by atoms with E-state index in [1.165, 1.54) is 29.8 Å². The molecule has 2 nitrogen and oxygen atoms in total. The molecule has 3 heteroatoms. The molecule has 1 aromatic carbocycles. The van der Waals surface area contributed by atoms with Gasteiger partial charge in [-0.2, -0.15) is 0 Å². The monoisotopic (exact) mass is 300 g/mol. The summed E-state index contributed by atoms with van der Waals surface area (Å²) in [5, 5.41) is 5.74. The molecule has 0 unspecified atom stereocenters. The van der Waals surface area contributed by atoms with E-state index in [0.717, 1.165) is 32.6 Å². The van der Waals surface area contributed by atoms with E-state index in [9.17, 15) is 0 Å². The van der Waals surface area contributed by atoms with Crippen molar-refractivity contribution in [2.75, 3.05) is 26.2 Å². The van der Waals surface area contributed by atoms with Crippen LogP contribution >= 0.6 is 11.3 Å². The van der Waals surface area contributed by atoms with Crippen molar-refractivity contribution in [3.63, 3.8) is 0 Å². The van der Waals surface area contributed by atoms with Gasteiger partial charge in [-0.1, -0.05) is 30.3 Å². The Balaban J connectivity index is 1.39. The molecule has 21 heavy (non-hydrogen) atoms. The standard InChI is InChI=1S/C18H24N2S/c1-2-6-17-15-20(12-3-7-16(17)5-1)13-11-19-10-9-18-8-4-14-21-18/h1-2,4-6,8,14,19H,3,7,9-13,15H2. The van der Waals surface area contributed by atoms with Crippen LogP contribution in [-0.4, -0.2) is 31.1 Å². The molecule has 112 valence electrons. The Hall–Kier alpha value is -1.16. The molecule has 0 fully saturated rings. The average Bonchev–Trinajstić information content (AvgIpc) is 2.93. The summed E-state index contributed by atoms with van der Waals surface area (Å²) in [5.74, 6) is 0. The van der Waals surface area contributed by atoms with Gasteiger partial charge in [0.25, 0.3) is 0 Å². The van der Waals surface area contributed by atoms with Crippen LogP contribution in [0.15, 0.2) is 41.8 Å². The van der Waals surface area contributed by atoms with Gasteiger partial charge in [0.1, 0.15) is 0 Å². The third-order valence-corrected chi connectivity index (χ3v) is 5.10. The molecule has 1 aliphatic heterocycles. The Morgan fingerprint density at radius 1 is 1.05 bits per heavy atom. The summed E-state index contributed by atoms with van der Waals surface area (Å²) in [7, 11) is 0. The first kappa shape index (κ1) is 14.8. The fraction of sp³-hybridized carbons (Fsp3) is 0.444. The van der Waals surface area contributed by atoms with Crippen molar-refractivity contribution in [1.82, 2.24) is 10.2 Å². The zero-order valence-corrected chi connectivity index (χ0v) is 13.4. The van der Waals surface area contributed by atoms with Crippen LogP contribution in [0.2, 0.25) is 0 Å². The Morgan fingerprint density at radius 3 is 2.81 bits per heavy atom. The highest BCUT2D eigenvalue weighted by molar-refractivity contribution is 7.09. The second-order valence-electron chi connectivity index (χ2n) is 5.73. The molecule has 0 atom stereocenters. The number of nitrogens with one attached hydrogen (secondary N) is 1. The Bertz CT molecular complexity index is 536. The highest BCUT2D eigenvalue weighted by Crippen LogP contribution is 2.17. The van der Waals surface area contributed by atoms with E-state index in [4.69, 9.17) is 0 Å². The number of nitrogens with zero attached hydrogens (tertiary/aromatic N) is 1. The van der Waals surface area contributed by atoms with E-state index < -0.39 is 0 Å². The van der Waals surface area contributed by atoms with E-state index in [1.54, 1.807) is 5.56 Å². The number of aryl methyl sites for hydroxylation is 1. The minimum absolute atomic E-state index is 1.09. The Kier molecular flexibility index (Phi) is 5.44. The van der Waals surface area contributed by atoms with Crippen LogP contribution in [0, 0.1) is 0 Å². The topological polar surface area (TPSA) is 15.3 Å². The van der Waals surface area contributed by atoms with Gasteiger partial charge in [0.2, 0.25) is 0 Å². The number of rotatable bonds is 6. The van der Waals surface area contributed by atoms with Crippen molar-refractivity contribution in [2.24, 2.45) is 0 Å². The van der Waals surface area contributed by atoms with Crippen molar-refractivity contribution in [3.8, 4) is 0 Å². The van der Waals surface area contributed by atoms with Crippen LogP contribution < -0.4 is 5.32 Å². The minimum atomic E-state index is 1.09. The predicted octanol–water partition coefficient (Wildman–Crippen LogP) is 3.33. The van der Waals surface area contributed by atoms with Crippen molar-refractivity contribution in [2.45, 2.75) is 25.8 Å². The highest BCUT2D eigenvalue weighted by atomic mass is 32.1. The van der Waals surface area contributed by atoms with E-state index >= 15 is 0 Å². The zero-order chi connectivity index (χ0) is 14.3. The lowest BCUT2D eigenvalue weighted by Crippen LogP contribution is -2.32. The lowest BCUT2D eigenvalue weighted by atomic mass is 10.0. The third-order valence-electron chi connectivity index (χ3n) is 4.17. The summed E-state index contributed by atoms with van der Waals surface area (Å²) < 4.78 is 0. The van der Waals surface area contributed by atoms with Crippen LogP contribution in [0.25, 0.3) is 0 Å². The van der Waals surface area contributed by atoms with E-state index in [1.807, 2.05) is 11.3 Å². The molecule has 0 radical (unpaired) electrons. The maximum absolute atomic E-state index is 3.58. The molecule has 0 saturated heterocycles. The molecule has 3 rings (SSSR count). The van der Waals surface area contributed by atoms with E-state index in [-0.39, 0.29) is 0 Å². The molecule has 2 heterocycles. The maximum Gasteiger partial charge on any atom is 0.0237 e. The lowest BCUT2D eigenvalue weighted by molar-refractivity contribution is 0.269. The van der Waals surface area contributed by atoms with Crippen LogP contribution in [0.5, 0.6) is 0 Å². The Labute approximate surface area is 131 Å². The quantitative estimate of drug-likeness (QED) is 0.823. The number of hydrogen-bond acceptors (Lipinski definition) is 3. The van der Waals surface area contributed by atoms with Crippen LogP contribution in [-0.2, 0) is 19.4 Å². The molecule has 2 aromatic rings. The summed E-state index contributed by atoms with van der Waals surface area (Å²) in [6.45, 7) is 5.67.